The van der Waals surface area contributed by atoms with Crippen molar-refractivity contribution in [2.75, 3.05) is 31.1 Å². The van der Waals surface area contributed by atoms with Crippen molar-refractivity contribution in [2.45, 2.75) is 38.3 Å². The number of carbonyl (C=O) groups excluding carboxylic acids is 1. The van der Waals surface area contributed by atoms with Crippen LogP contribution in [0.5, 0.6) is 0 Å². The molecule has 2 aromatic rings. The Balaban J connectivity index is 1.54. The number of amides is 1. The molecule has 1 aromatic carbocycles. The standard InChI is InChI=1S/C21H24F3N3O/c22-21(23,24)19-14-18(16-8-4-5-9-17(16)25-19)26-10-12-27(13-11-26)20(28)15-6-2-1-3-7-15/h4-5,8-9,14-15H,1-3,6-7,10-13H2/p+1. The molecule has 1 aliphatic heterocycles. The first-order valence-electron chi connectivity index (χ1n) is 9.99. The van der Waals surface area contributed by atoms with E-state index in [2.05, 4.69) is 4.98 Å². The van der Waals surface area contributed by atoms with Crippen molar-refractivity contribution < 1.29 is 22.9 Å². The molecule has 0 bridgehead atoms. The van der Waals surface area contributed by atoms with Crippen LogP contribution >= 0.6 is 0 Å². The smallest absolute Gasteiger partial charge is 0.367 e. The van der Waals surface area contributed by atoms with Crippen LogP contribution in [0.1, 0.15) is 37.8 Å². The molecule has 28 heavy (non-hydrogen) atoms. The SMILES string of the molecule is O=C(C1CCCCC1)N1CCN(c2cc(C(F)(F)F)[nH+]c3ccccc23)CC1. The number of rotatable bonds is 2. The van der Waals surface area contributed by atoms with Gasteiger partial charge in [-0.05, 0) is 18.9 Å². The molecular weight excluding hydrogens is 367 g/mol. The largest absolute Gasteiger partial charge is 0.477 e. The molecule has 0 atom stereocenters. The monoisotopic (exact) mass is 392 g/mol. The van der Waals surface area contributed by atoms with Crippen molar-refractivity contribution in [3.63, 3.8) is 0 Å². The van der Waals surface area contributed by atoms with Gasteiger partial charge in [-0.15, -0.1) is 0 Å². The molecule has 4 nitrogen and oxygen atoms in total. The molecule has 0 unspecified atom stereocenters. The highest BCUT2D eigenvalue weighted by Crippen LogP contribution is 2.33. The van der Waals surface area contributed by atoms with Gasteiger partial charge in [-0.25, -0.2) is 4.98 Å². The van der Waals surface area contributed by atoms with Crippen molar-refractivity contribution in [1.29, 1.82) is 0 Å². The number of anilines is 1. The van der Waals surface area contributed by atoms with Crippen LogP contribution in [0.4, 0.5) is 18.9 Å². The van der Waals surface area contributed by atoms with E-state index < -0.39 is 11.9 Å². The van der Waals surface area contributed by atoms with E-state index in [1.54, 1.807) is 12.1 Å². The first-order chi connectivity index (χ1) is 13.4. The summed E-state index contributed by atoms with van der Waals surface area (Å²) in [6.45, 7) is 2.21. The second-order valence-electron chi connectivity index (χ2n) is 7.76. The minimum absolute atomic E-state index is 0.129. The zero-order valence-corrected chi connectivity index (χ0v) is 15.8. The first kappa shape index (κ1) is 19.0. The number of nitrogens with one attached hydrogen (secondary N) is 1. The molecule has 0 spiro atoms. The number of para-hydroxylation sites is 1. The summed E-state index contributed by atoms with van der Waals surface area (Å²) >= 11 is 0. The zero-order valence-electron chi connectivity index (χ0n) is 15.8. The van der Waals surface area contributed by atoms with E-state index in [0.717, 1.165) is 31.1 Å². The lowest BCUT2D eigenvalue weighted by Gasteiger charge is -2.38. The molecule has 2 fully saturated rings. The fourth-order valence-electron chi connectivity index (χ4n) is 4.40. The average molecular weight is 392 g/mol. The summed E-state index contributed by atoms with van der Waals surface area (Å²) in [4.78, 5) is 19.1. The average Bonchev–Trinajstić information content (AvgIpc) is 2.72. The predicted octanol–water partition coefficient (Wildman–Crippen LogP) is 3.90. The number of hydrogen-bond acceptors (Lipinski definition) is 2. The second kappa shape index (κ2) is 7.60. The minimum atomic E-state index is -4.43. The third-order valence-corrected chi connectivity index (χ3v) is 5.95. The van der Waals surface area contributed by atoms with Gasteiger partial charge >= 0.3 is 6.18 Å². The molecule has 7 heteroatoms. The Morgan fingerprint density at radius 3 is 2.36 bits per heavy atom. The Kier molecular flexibility index (Phi) is 5.17. The number of alkyl halides is 3. The fourth-order valence-corrected chi connectivity index (χ4v) is 4.40. The molecule has 4 rings (SSSR count). The van der Waals surface area contributed by atoms with E-state index in [1.807, 2.05) is 21.9 Å². The van der Waals surface area contributed by atoms with Crippen LogP contribution in [0.25, 0.3) is 10.9 Å². The zero-order chi connectivity index (χ0) is 19.7. The number of aromatic amines is 1. The van der Waals surface area contributed by atoms with Gasteiger partial charge in [-0.3, -0.25) is 4.79 Å². The molecule has 1 saturated heterocycles. The molecule has 150 valence electrons. The molecule has 1 aliphatic carbocycles. The van der Waals surface area contributed by atoms with Crippen LogP contribution in [0.2, 0.25) is 0 Å². The summed E-state index contributed by atoms with van der Waals surface area (Å²) < 4.78 is 40.0. The predicted molar refractivity (Wildman–Crippen MR) is 101 cm³/mol. The van der Waals surface area contributed by atoms with E-state index in [-0.39, 0.29) is 11.8 Å². The van der Waals surface area contributed by atoms with Gasteiger partial charge < -0.3 is 9.80 Å². The molecule has 2 aliphatic rings. The van der Waals surface area contributed by atoms with E-state index in [0.29, 0.717) is 37.4 Å². The molecule has 0 radical (unpaired) electrons. The van der Waals surface area contributed by atoms with E-state index >= 15 is 0 Å². The second-order valence-corrected chi connectivity index (χ2v) is 7.76. The number of H-pyrrole nitrogens is 1. The van der Waals surface area contributed by atoms with E-state index in [1.165, 1.54) is 12.5 Å². The Morgan fingerprint density at radius 1 is 1.00 bits per heavy atom. The van der Waals surface area contributed by atoms with Gasteiger partial charge in [0.25, 0.3) is 5.69 Å². The van der Waals surface area contributed by atoms with Gasteiger partial charge in [0, 0.05) is 44.2 Å². The number of benzene rings is 1. The highest BCUT2D eigenvalue weighted by atomic mass is 19.4. The number of nitrogens with zero attached hydrogens (tertiary/aromatic N) is 2. The fraction of sp³-hybridized carbons (Fsp3) is 0.524. The number of fused-ring (bicyclic) bond motifs is 1. The number of hydrogen-bond donors (Lipinski definition) is 0. The number of aromatic nitrogens is 1. The Morgan fingerprint density at radius 2 is 1.68 bits per heavy atom. The number of carbonyl (C=O) groups is 1. The van der Waals surface area contributed by atoms with Gasteiger partial charge in [0.05, 0.1) is 11.1 Å². The summed E-state index contributed by atoms with van der Waals surface area (Å²) in [5.41, 5.74) is 0.293. The third-order valence-electron chi connectivity index (χ3n) is 5.95. The van der Waals surface area contributed by atoms with Gasteiger partial charge in [0.1, 0.15) is 0 Å². The maximum Gasteiger partial charge on any atom is 0.477 e. The van der Waals surface area contributed by atoms with Crippen LogP contribution in [-0.4, -0.2) is 37.0 Å². The molecular formula is C21H25F3N3O+. The van der Waals surface area contributed by atoms with Crippen LogP contribution in [0.3, 0.4) is 0 Å². The molecule has 1 saturated carbocycles. The highest BCUT2D eigenvalue weighted by Gasteiger charge is 2.40. The number of halogens is 3. The normalized spacial score (nSPS) is 19.2. The van der Waals surface area contributed by atoms with Crippen molar-refractivity contribution >= 4 is 22.5 Å². The van der Waals surface area contributed by atoms with Crippen LogP contribution in [0, 0.1) is 5.92 Å². The molecule has 1 amide bonds. The lowest BCUT2D eigenvalue weighted by molar-refractivity contribution is -0.398. The Hall–Kier alpha value is -2.31. The van der Waals surface area contributed by atoms with Gasteiger partial charge in [-0.1, -0.05) is 31.4 Å². The molecule has 2 heterocycles. The maximum absolute atomic E-state index is 13.3. The lowest BCUT2D eigenvalue weighted by Crippen LogP contribution is -2.50. The van der Waals surface area contributed by atoms with Gasteiger partial charge in [-0.2, -0.15) is 13.2 Å². The van der Waals surface area contributed by atoms with E-state index in [9.17, 15) is 18.0 Å². The third kappa shape index (κ3) is 3.80. The van der Waals surface area contributed by atoms with Crippen LogP contribution in [0.15, 0.2) is 30.3 Å². The van der Waals surface area contributed by atoms with E-state index in [4.69, 9.17) is 0 Å². The van der Waals surface area contributed by atoms with Crippen molar-refractivity contribution in [3.8, 4) is 0 Å². The summed E-state index contributed by atoms with van der Waals surface area (Å²) in [7, 11) is 0. The van der Waals surface area contributed by atoms with Crippen LogP contribution < -0.4 is 9.88 Å². The summed E-state index contributed by atoms with van der Waals surface area (Å²) in [5.74, 6) is 0.353. The lowest BCUT2D eigenvalue weighted by atomic mass is 9.88. The molecule has 1 N–H and O–H groups in total. The highest BCUT2D eigenvalue weighted by molar-refractivity contribution is 5.90. The quantitative estimate of drug-likeness (QED) is 0.777. The topological polar surface area (TPSA) is 37.7 Å². The van der Waals surface area contributed by atoms with Crippen LogP contribution in [-0.2, 0) is 11.0 Å². The van der Waals surface area contributed by atoms with Crippen molar-refractivity contribution in [1.82, 2.24) is 4.90 Å². The summed E-state index contributed by atoms with van der Waals surface area (Å²) in [6, 6.07) is 8.25. The van der Waals surface area contributed by atoms with Crippen molar-refractivity contribution in [2.24, 2.45) is 5.92 Å². The van der Waals surface area contributed by atoms with Gasteiger partial charge in [0.2, 0.25) is 11.4 Å². The number of piperazine rings is 1. The molecule has 1 aromatic heterocycles. The van der Waals surface area contributed by atoms with Gasteiger partial charge in [0.15, 0.2) is 0 Å². The summed E-state index contributed by atoms with van der Waals surface area (Å²) in [5, 5.41) is 0.766. The summed E-state index contributed by atoms with van der Waals surface area (Å²) in [6.07, 6.45) is 0.932. The minimum Gasteiger partial charge on any atom is -0.367 e. The first-order valence-corrected chi connectivity index (χ1v) is 9.99. The number of pyridine rings is 1. The maximum atomic E-state index is 13.3. The Labute approximate surface area is 162 Å². The van der Waals surface area contributed by atoms with Crippen molar-refractivity contribution in [3.05, 3.63) is 36.0 Å². The Bertz CT molecular complexity index is 854.